The molecule has 0 aromatic carbocycles. The molecule has 1 heterocycles. The fraction of sp³-hybridized carbons (Fsp3) is 0.750. The number of nitrogens with zero attached hydrogens (tertiary/aromatic N) is 1. The van der Waals surface area contributed by atoms with Crippen LogP contribution in [0.25, 0.3) is 0 Å². The van der Waals surface area contributed by atoms with Crippen molar-refractivity contribution in [1.82, 2.24) is 10.3 Å². The Morgan fingerprint density at radius 3 is 2.87 bits per heavy atom. The van der Waals surface area contributed by atoms with Gasteiger partial charge in [0, 0.05) is 23.7 Å². The Labute approximate surface area is 97.1 Å². The predicted molar refractivity (Wildman–Crippen MR) is 67.3 cm³/mol. The molecule has 0 radical (unpaired) electrons. The number of rotatable bonds is 7. The van der Waals surface area contributed by atoms with Crippen molar-refractivity contribution in [1.29, 1.82) is 0 Å². The summed E-state index contributed by atoms with van der Waals surface area (Å²) in [4.78, 5) is 5.64. The molecule has 1 N–H and O–H groups in total. The summed E-state index contributed by atoms with van der Waals surface area (Å²) in [6.45, 7) is 7.53. The predicted octanol–water partition coefficient (Wildman–Crippen LogP) is 3.51. The molecule has 1 atom stereocenters. The molecule has 2 nitrogen and oxygen atoms in total. The zero-order valence-electron chi connectivity index (χ0n) is 10.0. The quantitative estimate of drug-likeness (QED) is 0.720. The lowest BCUT2D eigenvalue weighted by molar-refractivity contribution is 0.486. The Hall–Kier alpha value is -0.410. The van der Waals surface area contributed by atoms with E-state index in [4.69, 9.17) is 0 Å². The van der Waals surface area contributed by atoms with Gasteiger partial charge < -0.3 is 5.32 Å². The highest BCUT2D eigenvalue weighted by Crippen LogP contribution is 2.11. The minimum atomic E-state index is 0.612. The number of hydrogen-bond acceptors (Lipinski definition) is 3. The van der Waals surface area contributed by atoms with Crippen molar-refractivity contribution < 1.29 is 0 Å². The van der Waals surface area contributed by atoms with Crippen LogP contribution in [-0.4, -0.2) is 11.0 Å². The van der Waals surface area contributed by atoms with Crippen molar-refractivity contribution in [2.45, 2.75) is 59.0 Å². The smallest absolute Gasteiger partial charge is 0.107 e. The zero-order chi connectivity index (χ0) is 11.1. The SMILES string of the molecule is CCCCCC(C)NCc1ncc(C)s1. The first-order valence-electron chi connectivity index (χ1n) is 5.87. The first-order chi connectivity index (χ1) is 7.22. The van der Waals surface area contributed by atoms with Crippen LogP contribution in [0.4, 0.5) is 0 Å². The second kappa shape index (κ2) is 6.96. The van der Waals surface area contributed by atoms with E-state index in [1.165, 1.54) is 35.6 Å². The summed E-state index contributed by atoms with van der Waals surface area (Å²) in [5, 5.41) is 4.72. The molecule has 1 unspecified atom stereocenters. The standard InChI is InChI=1S/C12H22N2S/c1-4-5-6-7-10(2)13-9-12-14-8-11(3)15-12/h8,10,13H,4-7,9H2,1-3H3. The van der Waals surface area contributed by atoms with E-state index < -0.39 is 0 Å². The Morgan fingerprint density at radius 1 is 1.47 bits per heavy atom. The molecule has 1 aromatic heterocycles. The zero-order valence-corrected chi connectivity index (χ0v) is 10.9. The molecule has 0 aliphatic rings. The number of hydrogen-bond donors (Lipinski definition) is 1. The number of nitrogens with one attached hydrogen (secondary N) is 1. The molecule has 15 heavy (non-hydrogen) atoms. The van der Waals surface area contributed by atoms with Gasteiger partial charge in [0.1, 0.15) is 5.01 Å². The van der Waals surface area contributed by atoms with E-state index in [1.807, 2.05) is 6.20 Å². The van der Waals surface area contributed by atoms with E-state index in [9.17, 15) is 0 Å². The Kier molecular flexibility index (Phi) is 5.88. The van der Waals surface area contributed by atoms with Crippen molar-refractivity contribution in [2.75, 3.05) is 0 Å². The minimum Gasteiger partial charge on any atom is -0.308 e. The molecule has 0 saturated carbocycles. The third-order valence-electron chi connectivity index (χ3n) is 2.51. The van der Waals surface area contributed by atoms with Gasteiger partial charge in [-0.25, -0.2) is 4.98 Å². The third kappa shape index (κ3) is 5.28. The summed E-state index contributed by atoms with van der Waals surface area (Å²) >= 11 is 1.78. The number of unbranched alkanes of at least 4 members (excludes halogenated alkanes) is 2. The Morgan fingerprint density at radius 2 is 2.27 bits per heavy atom. The van der Waals surface area contributed by atoms with E-state index in [0.717, 1.165) is 6.54 Å². The highest BCUT2D eigenvalue weighted by Gasteiger charge is 2.03. The second-order valence-electron chi connectivity index (χ2n) is 4.14. The maximum Gasteiger partial charge on any atom is 0.107 e. The Balaban J connectivity index is 2.13. The summed E-state index contributed by atoms with van der Waals surface area (Å²) in [6, 6.07) is 0.612. The van der Waals surface area contributed by atoms with Crippen molar-refractivity contribution >= 4 is 11.3 Å². The van der Waals surface area contributed by atoms with Crippen LogP contribution < -0.4 is 5.32 Å². The van der Waals surface area contributed by atoms with Crippen LogP contribution >= 0.6 is 11.3 Å². The summed E-state index contributed by atoms with van der Waals surface area (Å²) in [5.74, 6) is 0. The van der Waals surface area contributed by atoms with E-state index in [-0.39, 0.29) is 0 Å². The van der Waals surface area contributed by atoms with Crippen LogP contribution in [0, 0.1) is 6.92 Å². The van der Waals surface area contributed by atoms with Gasteiger partial charge in [-0.1, -0.05) is 26.2 Å². The van der Waals surface area contributed by atoms with Crippen molar-refractivity contribution in [3.63, 3.8) is 0 Å². The first kappa shape index (κ1) is 12.7. The first-order valence-corrected chi connectivity index (χ1v) is 6.68. The average Bonchev–Trinajstić information content (AvgIpc) is 2.62. The van der Waals surface area contributed by atoms with E-state index in [2.05, 4.69) is 31.1 Å². The van der Waals surface area contributed by atoms with Crippen molar-refractivity contribution in [2.24, 2.45) is 0 Å². The van der Waals surface area contributed by atoms with Gasteiger partial charge in [0.05, 0.1) is 0 Å². The number of aromatic nitrogens is 1. The molecule has 0 saturated heterocycles. The molecule has 0 amide bonds. The van der Waals surface area contributed by atoms with Gasteiger partial charge in [0.25, 0.3) is 0 Å². The molecule has 0 aliphatic heterocycles. The summed E-state index contributed by atoms with van der Waals surface area (Å²) in [7, 11) is 0. The highest BCUT2D eigenvalue weighted by molar-refractivity contribution is 7.11. The van der Waals surface area contributed by atoms with E-state index >= 15 is 0 Å². The lowest BCUT2D eigenvalue weighted by atomic mass is 10.1. The molecule has 0 bridgehead atoms. The van der Waals surface area contributed by atoms with Gasteiger partial charge >= 0.3 is 0 Å². The minimum absolute atomic E-state index is 0.612. The maximum atomic E-state index is 4.34. The summed E-state index contributed by atoms with van der Waals surface area (Å²) in [5.41, 5.74) is 0. The molecular formula is C12H22N2S. The van der Waals surface area contributed by atoms with Crippen molar-refractivity contribution in [3.8, 4) is 0 Å². The largest absolute Gasteiger partial charge is 0.308 e. The normalized spacial score (nSPS) is 13.0. The molecule has 0 fully saturated rings. The van der Waals surface area contributed by atoms with Gasteiger partial charge in [-0.05, 0) is 20.3 Å². The molecule has 1 rings (SSSR count). The van der Waals surface area contributed by atoms with Gasteiger partial charge in [0.2, 0.25) is 0 Å². The van der Waals surface area contributed by atoms with Crippen molar-refractivity contribution in [3.05, 3.63) is 16.1 Å². The van der Waals surface area contributed by atoms with Crippen LogP contribution in [0.15, 0.2) is 6.20 Å². The number of thiazole rings is 1. The summed E-state index contributed by atoms with van der Waals surface area (Å²) < 4.78 is 0. The topological polar surface area (TPSA) is 24.9 Å². The Bertz CT molecular complexity index is 270. The molecule has 0 aliphatic carbocycles. The van der Waals surface area contributed by atoms with Gasteiger partial charge in [-0.2, -0.15) is 0 Å². The molecule has 1 aromatic rings. The van der Waals surface area contributed by atoms with E-state index in [1.54, 1.807) is 11.3 Å². The fourth-order valence-electron chi connectivity index (χ4n) is 1.55. The summed E-state index contributed by atoms with van der Waals surface area (Å²) in [6.07, 6.45) is 7.21. The number of aryl methyl sites for hydroxylation is 1. The second-order valence-corrected chi connectivity index (χ2v) is 5.46. The van der Waals surface area contributed by atoms with Crippen LogP contribution in [0.3, 0.4) is 0 Å². The maximum absolute atomic E-state index is 4.34. The molecular weight excluding hydrogens is 204 g/mol. The molecule has 3 heteroatoms. The van der Waals surface area contributed by atoms with Crippen LogP contribution in [-0.2, 0) is 6.54 Å². The monoisotopic (exact) mass is 226 g/mol. The van der Waals surface area contributed by atoms with Gasteiger partial charge in [-0.3, -0.25) is 0 Å². The fourth-order valence-corrected chi connectivity index (χ4v) is 2.29. The van der Waals surface area contributed by atoms with Crippen LogP contribution in [0.1, 0.15) is 49.4 Å². The lowest BCUT2D eigenvalue weighted by Gasteiger charge is -2.11. The third-order valence-corrected chi connectivity index (χ3v) is 3.42. The van der Waals surface area contributed by atoms with Gasteiger partial charge in [0.15, 0.2) is 0 Å². The van der Waals surface area contributed by atoms with Crippen LogP contribution in [0.2, 0.25) is 0 Å². The lowest BCUT2D eigenvalue weighted by Crippen LogP contribution is -2.25. The molecule has 86 valence electrons. The van der Waals surface area contributed by atoms with E-state index in [0.29, 0.717) is 6.04 Å². The average molecular weight is 226 g/mol. The van der Waals surface area contributed by atoms with Gasteiger partial charge in [-0.15, -0.1) is 11.3 Å². The van der Waals surface area contributed by atoms with Crippen LogP contribution in [0.5, 0.6) is 0 Å². The highest BCUT2D eigenvalue weighted by atomic mass is 32.1. The molecule has 0 spiro atoms.